The van der Waals surface area contributed by atoms with Gasteiger partial charge in [-0.1, -0.05) is 5.09 Å². The number of carbonyl (C=O) groups is 2. The lowest BCUT2D eigenvalue weighted by atomic mass is 10.1. The first kappa shape index (κ1) is 19.5. The monoisotopic (exact) mass is 370 g/mol. The zero-order chi connectivity index (χ0) is 18.3. The molecule has 25 heavy (non-hydrogen) atoms. The first-order chi connectivity index (χ1) is 12.0. The number of piperidine rings is 1. The number of nitrogens with one attached hydrogen (secondary N) is 4. The van der Waals surface area contributed by atoms with Gasteiger partial charge in [0.15, 0.2) is 5.66 Å². The van der Waals surface area contributed by atoms with Crippen molar-refractivity contribution in [1.82, 2.24) is 25.7 Å². The van der Waals surface area contributed by atoms with Gasteiger partial charge >= 0.3 is 7.95 Å². The summed E-state index contributed by atoms with van der Waals surface area (Å²) in [6.45, 7) is 1.36. The highest BCUT2D eigenvalue weighted by atomic mass is 31.1. The molecule has 1 aromatic rings. The van der Waals surface area contributed by atoms with Crippen molar-refractivity contribution in [2.24, 2.45) is 11.5 Å². The minimum absolute atomic E-state index is 0.0525. The fourth-order valence-electron chi connectivity index (χ4n) is 2.57. The molecule has 0 bridgehead atoms. The minimum atomic E-state index is -2.22. The number of amides is 2. The minimum Gasteiger partial charge on any atom is -0.353 e. The van der Waals surface area contributed by atoms with E-state index in [4.69, 9.17) is 11.5 Å². The average molecular weight is 370 g/mol. The number of rotatable bonds is 9. The molecule has 1 aliphatic rings. The third-order valence-corrected chi connectivity index (χ3v) is 5.62. The zero-order valence-corrected chi connectivity index (χ0v) is 14.9. The Morgan fingerprint density at radius 1 is 1.52 bits per heavy atom. The van der Waals surface area contributed by atoms with Gasteiger partial charge < -0.3 is 27.1 Å². The van der Waals surface area contributed by atoms with E-state index >= 15 is 0 Å². The second kappa shape index (κ2) is 9.00. The van der Waals surface area contributed by atoms with Crippen LogP contribution in [0.25, 0.3) is 0 Å². The van der Waals surface area contributed by atoms with E-state index in [1.54, 1.807) is 0 Å². The van der Waals surface area contributed by atoms with Crippen LogP contribution in [-0.2, 0) is 20.6 Å². The van der Waals surface area contributed by atoms with Crippen molar-refractivity contribution in [2.45, 2.75) is 37.0 Å². The average Bonchev–Trinajstić information content (AvgIpc) is 3.07. The van der Waals surface area contributed by atoms with Crippen LogP contribution in [0, 0.1) is 0 Å². The largest absolute Gasteiger partial charge is 0.447 e. The Balaban J connectivity index is 2.10. The molecule has 1 aromatic heterocycles. The van der Waals surface area contributed by atoms with Crippen LogP contribution < -0.4 is 27.2 Å². The van der Waals surface area contributed by atoms with Crippen LogP contribution in [0.4, 0.5) is 0 Å². The van der Waals surface area contributed by atoms with Crippen molar-refractivity contribution < 1.29 is 14.2 Å². The molecule has 11 heteroatoms. The Bertz CT molecular complexity index is 610. The van der Waals surface area contributed by atoms with Gasteiger partial charge in [-0.3, -0.25) is 9.59 Å². The molecule has 0 radical (unpaired) electrons. The van der Waals surface area contributed by atoms with Crippen LogP contribution >= 0.6 is 7.95 Å². The molecule has 8 N–H and O–H groups in total. The number of H-pyrrole nitrogens is 1. The Kier molecular flexibility index (Phi) is 7.01. The number of carbonyl (C=O) groups excluding carboxylic acids is 2. The quantitative estimate of drug-likeness (QED) is 0.178. The maximum atomic E-state index is 12.7. The summed E-state index contributed by atoms with van der Waals surface area (Å²) in [5, 5.41) is 8.06. The molecule has 1 fully saturated rings. The van der Waals surface area contributed by atoms with Gasteiger partial charge in [-0.05, 0) is 24.0 Å². The summed E-state index contributed by atoms with van der Waals surface area (Å²) in [6, 6.07) is 0. The molecule has 1 aliphatic heterocycles. The molecule has 2 rings (SSSR count). The van der Waals surface area contributed by atoms with Gasteiger partial charge in [0.25, 0.3) is 17.5 Å². The maximum absolute atomic E-state index is 12.7. The Morgan fingerprint density at radius 3 is 2.96 bits per heavy atom. The summed E-state index contributed by atoms with van der Waals surface area (Å²) in [6.07, 6.45) is 4.89. The van der Waals surface area contributed by atoms with E-state index in [1.807, 2.05) is 0 Å². The smallest absolute Gasteiger partial charge is 0.353 e. The van der Waals surface area contributed by atoms with Crippen LogP contribution in [0.15, 0.2) is 12.5 Å². The van der Waals surface area contributed by atoms with Crippen molar-refractivity contribution in [2.75, 3.05) is 19.6 Å². The second-order valence-electron chi connectivity index (χ2n) is 6.01. The summed E-state index contributed by atoms with van der Waals surface area (Å²) in [5.74, 6) is -0.789. The molecule has 0 spiro atoms. The molecule has 0 aromatic carbocycles. The first-order valence-electron chi connectivity index (χ1n) is 8.22. The predicted octanol–water partition coefficient (Wildman–Crippen LogP) is -1.32. The Morgan fingerprint density at radius 2 is 2.32 bits per heavy atom. The lowest BCUT2D eigenvalue weighted by Gasteiger charge is -2.25. The van der Waals surface area contributed by atoms with Gasteiger partial charge in [0.1, 0.15) is 0 Å². The van der Waals surface area contributed by atoms with Crippen LogP contribution in [0.1, 0.15) is 25.0 Å². The van der Waals surface area contributed by atoms with E-state index < -0.39 is 25.2 Å². The van der Waals surface area contributed by atoms with Crippen LogP contribution in [0.3, 0.4) is 0 Å². The zero-order valence-electron chi connectivity index (χ0n) is 14.0. The van der Waals surface area contributed by atoms with Gasteiger partial charge in [-0.15, -0.1) is 0 Å². The Hall–Kier alpha value is -1.87. The van der Waals surface area contributed by atoms with Gasteiger partial charge in [0.05, 0.1) is 6.33 Å². The van der Waals surface area contributed by atoms with Crippen molar-refractivity contribution in [3.05, 3.63) is 18.2 Å². The van der Waals surface area contributed by atoms with E-state index in [9.17, 15) is 14.2 Å². The van der Waals surface area contributed by atoms with Crippen molar-refractivity contribution >= 4 is 19.8 Å². The van der Waals surface area contributed by atoms with E-state index in [-0.39, 0.29) is 12.3 Å². The predicted molar refractivity (Wildman–Crippen MR) is 92.7 cm³/mol. The topological polar surface area (TPSA) is 168 Å². The standard InChI is InChI=1S/C14H24N7O3P/c15-4-2-6-19-13(23)14(16,7-10-8-17-9-20-10)21-25(24)11-3-1-5-18-12(11)22/h8-9,11H,1-7,15-16H2,(H3-,17,18,19,20,21,22,23,24)/p+1/t11-,14?/m0/s1. The van der Waals surface area contributed by atoms with Crippen molar-refractivity contribution in [1.29, 1.82) is 0 Å². The van der Waals surface area contributed by atoms with Crippen LogP contribution in [0.2, 0.25) is 0 Å². The molecular weight excluding hydrogens is 345 g/mol. The number of hydrogen-bond donors (Lipinski definition) is 6. The molecule has 3 atom stereocenters. The summed E-state index contributed by atoms with van der Waals surface area (Å²) in [5.41, 5.74) is 9.95. The van der Waals surface area contributed by atoms with Gasteiger partial charge in [-0.2, -0.15) is 0 Å². The summed E-state index contributed by atoms with van der Waals surface area (Å²) in [7, 11) is -2.22. The molecule has 2 amide bonds. The lowest BCUT2D eigenvalue weighted by Crippen LogP contribution is -2.63. The molecule has 0 saturated carbocycles. The number of nitrogens with two attached hydrogens (primary N) is 2. The maximum Gasteiger partial charge on any atom is 0.447 e. The second-order valence-corrected chi connectivity index (χ2v) is 7.51. The molecule has 0 aliphatic carbocycles. The summed E-state index contributed by atoms with van der Waals surface area (Å²) in [4.78, 5) is 31.2. The summed E-state index contributed by atoms with van der Waals surface area (Å²) >= 11 is 0. The molecule has 2 unspecified atom stereocenters. The normalized spacial score (nSPS) is 20.5. The SMILES string of the molecule is NCCCNC(=O)C(N)(Cc1cnc[nH]1)N[P+](=O)[C@H]1CCCNC1=O. The fourth-order valence-corrected chi connectivity index (χ4v) is 4.02. The van der Waals surface area contributed by atoms with Gasteiger partial charge in [0, 0.05) is 37.8 Å². The van der Waals surface area contributed by atoms with E-state index in [0.717, 1.165) is 6.42 Å². The number of hydrogen-bond acceptors (Lipinski definition) is 6. The third-order valence-electron chi connectivity index (χ3n) is 3.94. The lowest BCUT2D eigenvalue weighted by molar-refractivity contribution is -0.127. The van der Waals surface area contributed by atoms with Crippen LogP contribution in [0.5, 0.6) is 0 Å². The van der Waals surface area contributed by atoms with Gasteiger partial charge in [0.2, 0.25) is 0 Å². The molecular formula is C14H25N7O3P+. The number of aromatic nitrogens is 2. The number of aromatic amines is 1. The van der Waals surface area contributed by atoms with Gasteiger partial charge in [-0.25, -0.2) is 4.98 Å². The fraction of sp³-hybridized carbons (Fsp3) is 0.643. The van der Waals surface area contributed by atoms with Crippen molar-refractivity contribution in [3.8, 4) is 0 Å². The van der Waals surface area contributed by atoms with E-state index in [2.05, 4.69) is 25.7 Å². The highest BCUT2D eigenvalue weighted by Crippen LogP contribution is 2.31. The number of nitrogens with zero attached hydrogens (tertiary/aromatic N) is 1. The van der Waals surface area contributed by atoms with E-state index in [0.29, 0.717) is 38.2 Å². The van der Waals surface area contributed by atoms with Crippen molar-refractivity contribution in [3.63, 3.8) is 0 Å². The molecule has 1 saturated heterocycles. The molecule has 10 nitrogen and oxygen atoms in total. The first-order valence-corrected chi connectivity index (χ1v) is 9.55. The highest BCUT2D eigenvalue weighted by molar-refractivity contribution is 7.44. The molecule has 2 heterocycles. The highest BCUT2D eigenvalue weighted by Gasteiger charge is 2.48. The third kappa shape index (κ3) is 5.30. The van der Waals surface area contributed by atoms with E-state index in [1.165, 1.54) is 12.5 Å². The van der Waals surface area contributed by atoms with Crippen LogP contribution in [-0.4, -0.2) is 52.7 Å². The summed E-state index contributed by atoms with van der Waals surface area (Å²) < 4.78 is 12.7. The number of imidazole rings is 1. The Labute approximate surface area is 146 Å². The molecule has 138 valence electrons.